The van der Waals surface area contributed by atoms with E-state index in [0.717, 1.165) is 31.9 Å². The summed E-state index contributed by atoms with van der Waals surface area (Å²) in [5.41, 5.74) is 1.35. The molecule has 1 atom stereocenters. The van der Waals surface area contributed by atoms with E-state index < -0.39 is 0 Å². The van der Waals surface area contributed by atoms with Crippen LogP contribution in [0.1, 0.15) is 63.9 Å². The van der Waals surface area contributed by atoms with Gasteiger partial charge in [0.25, 0.3) is 0 Å². The first kappa shape index (κ1) is 19.1. The molecule has 1 aromatic carbocycles. The van der Waals surface area contributed by atoms with E-state index in [4.69, 9.17) is 4.52 Å². The molecule has 0 spiro atoms. The van der Waals surface area contributed by atoms with Gasteiger partial charge in [-0.05, 0) is 44.8 Å². The van der Waals surface area contributed by atoms with E-state index in [2.05, 4.69) is 78.4 Å². The minimum absolute atomic E-state index is 0.0778. The molecule has 5 heteroatoms. The third-order valence-corrected chi connectivity index (χ3v) is 5.12. The van der Waals surface area contributed by atoms with Gasteiger partial charge in [-0.1, -0.05) is 56.3 Å². The Kier molecular flexibility index (Phi) is 6.09. The average molecular weight is 357 g/mol. The summed E-state index contributed by atoms with van der Waals surface area (Å²) in [4.78, 5) is 7.14. The Hall–Kier alpha value is -1.72. The molecule has 0 amide bonds. The van der Waals surface area contributed by atoms with Crippen LogP contribution in [-0.2, 0) is 11.8 Å². The molecule has 2 heterocycles. The van der Waals surface area contributed by atoms with Crippen molar-refractivity contribution in [3.05, 3.63) is 47.6 Å². The van der Waals surface area contributed by atoms with E-state index in [9.17, 15) is 0 Å². The molecule has 1 saturated heterocycles. The van der Waals surface area contributed by atoms with Crippen molar-refractivity contribution in [2.45, 2.75) is 64.5 Å². The van der Waals surface area contributed by atoms with Crippen LogP contribution >= 0.6 is 0 Å². The van der Waals surface area contributed by atoms with Gasteiger partial charge in [0.15, 0.2) is 5.82 Å². The highest BCUT2D eigenvalue weighted by Gasteiger charge is 2.25. The van der Waals surface area contributed by atoms with Crippen molar-refractivity contribution >= 4 is 0 Å². The fourth-order valence-corrected chi connectivity index (χ4v) is 3.40. The van der Waals surface area contributed by atoms with Gasteiger partial charge in [-0.2, -0.15) is 4.98 Å². The molecular weight excluding hydrogens is 324 g/mol. The average Bonchev–Trinajstić information content (AvgIpc) is 3.13. The van der Waals surface area contributed by atoms with E-state index >= 15 is 0 Å². The molecule has 5 nitrogen and oxygen atoms in total. The van der Waals surface area contributed by atoms with Crippen molar-refractivity contribution in [1.29, 1.82) is 0 Å². The van der Waals surface area contributed by atoms with Crippen molar-refractivity contribution in [1.82, 2.24) is 20.4 Å². The van der Waals surface area contributed by atoms with Crippen LogP contribution in [0.2, 0.25) is 0 Å². The standard InChI is InChI=1S/C21H32N4O/c1-16(19-23-20(24-26-19)21(2,3)4)22-18-11-14-25(15-12-18)13-10-17-8-6-5-7-9-17/h5-9,16,18,22H,10-15H2,1-4H3. The third-order valence-electron chi connectivity index (χ3n) is 5.12. The van der Waals surface area contributed by atoms with Crippen molar-refractivity contribution in [2.24, 2.45) is 0 Å². The molecule has 142 valence electrons. The zero-order chi connectivity index (χ0) is 18.6. The Bertz CT molecular complexity index is 669. The van der Waals surface area contributed by atoms with Gasteiger partial charge in [-0.3, -0.25) is 0 Å². The van der Waals surface area contributed by atoms with Gasteiger partial charge in [0, 0.05) is 18.0 Å². The number of nitrogens with one attached hydrogen (secondary N) is 1. The fourth-order valence-electron chi connectivity index (χ4n) is 3.40. The number of hydrogen-bond acceptors (Lipinski definition) is 5. The van der Waals surface area contributed by atoms with E-state index in [0.29, 0.717) is 11.9 Å². The topological polar surface area (TPSA) is 54.2 Å². The second kappa shape index (κ2) is 8.31. The summed E-state index contributed by atoms with van der Waals surface area (Å²) < 4.78 is 5.47. The van der Waals surface area contributed by atoms with E-state index in [1.165, 1.54) is 18.4 Å². The molecule has 1 unspecified atom stereocenters. The highest BCUT2D eigenvalue weighted by Crippen LogP contribution is 2.22. The zero-order valence-corrected chi connectivity index (χ0v) is 16.5. The fraction of sp³-hybridized carbons (Fsp3) is 0.619. The highest BCUT2D eigenvalue weighted by atomic mass is 16.5. The number of hydrogen-bond donors (Lipinski definition) is 1. The van der Waals surface area contributed by atoms with Gasteiger partial charge < -0.3 is 14.7 Å². The maximum absolute atomic E-state index is 5.47. The molecule has 1 aliphatic heterocycles. The number of piperidine rings is 1. The Labute approximate surface area is 157 Å². The second-order valence-electron chi connectivity index (χ2n) is 8.45. The Morgan fingerprint density at radius 3 is 2.50 bits per heavy atom. The largest absolute Gasteiger partial charge is 0.338 e. The van der Waals surface area contributed by atoms with Gasteiger partial charge in [-0.25, -0.2) is 0 Å². The summed E-state index contributed by atoms with van der Waals surface area (Å²) in [6.07, 6.45) is 3.46. The molecule has 1 aromatic heterocycles. The van der Waals surface area contributed by atoms with Gasteiger partial charge in [0.2, 0.25) is 5.89 Å². The first-order valence-electron chi connectivity index (χ1n) is 9.78. The van der Waals surface area contributed by atoms with Crippen molar-refractivity contribution < 1.29 is 4.52 Å². The van der Waals surface area contributed by atoms with Crippen molar-refractivity contribution in [3.63, 3.8) is 0 Å². The summed E-state index contributed by atoms with van der Waals surface area (Å²) in [7, 11) is 0. The lowest BCUT2D eigenvalue weighted by Crippen LogP contribution is -2.43. The molecular formula is C21H32N4O. The summed E-state index contributed by atoms with van der Waals surface area (Å²) in [6, 6.07) is 11.4. The van der Waals surface area contributed by atoms with Crippen LogP contribution in [0.5, 0.6) is 0 Å². The van der Waals surface area contributed by atoms with Gasteiger partial charge in [0.05, 0.1) is 6.04 Å². The molecule has 2 aromatic rings. The van der Waals surface area contributed by atoms with Crippen LogP contribution in [0.15, 0.2) is 34.9 Å². The van der Waals surface area contributed by atoms with Crippen LogP contribution in [-0.4, -0.2) is 40.7 Å². The predicted octanol–water partition coefficient (Wildman–Crippen LogP) is 3.72. The highest BCUT2D eigenvalue weighted by molar-refractivity contribution is 5.14. The van der Waals surface area contributed by atoms with E-state index in [1.807, 2.05) is 0 Å². The Morgan fingerprint density at radius 2 is 1.88 bits per heavy atom. The SMILES string of the molecule is CC(NC1CCN(CCc2ccccc2)CC1)c1nc(C(C)(C)C)no1. The summed E-state index contributed by atoms with van der Waals surface area (Å²) in [6.45, 7) is 11.9. The predicted molar refractivity (Wildman–Crippen MR) is 104 cm³/mol. The minimum Gasteiger partial charge on any atom is -0.338 e. The van der Waals surface area contributed by atoms with Crippen LogP contribution in [0.25, 0.3) is 0 Å². The Balaban J connectivity index is 1.43. The molecule has 1 N–H and O–H groups in total. The molecule has 0 bridgehead atoms. The number of likely N-dealkylation sites (tertiary alicyclic amines) is 1. The summed E-state index contributed by atoms with van der Waals surface area (Å²) >= 11 is 0. The molecule has 3 rings (SSSR count). The lowest BCUT2D eigenvalue weighted by atomic mass is 9.96. The summed E-state index contributed by atoms with van der Waals surface area (Å²) in [5, 5.41) is 7.80. The van der Waals surface area contributed by atoms with Crippen LogP contribution in [0, 0.1) is 0 Å². The molecule has 0 aliphatic carbocycles. The number of benzene rings is 1. The molecule has 0 saturated carbocycles. The van der Waals surface area contributed by atoms with E-state index in [1.54, 1.807) is 0 Å². The zero-order valence-electron chi connectivity index (χ0n) is 16.5. The molecule has 1 fully saturated rings. The van der Waals surface area contributed by atoms with Gasteiger partial charge >= 0.3 is 0 Å². The van der Waals surface area contributed by atoms with Gasteiger partial charge in [0.1, 0.15) is 0 Å². The quantitative estimate of drug-likeness (QED) is 0.855. The van der Waals surface area contributed by atoms with Crippen molar-refractivity contribution in [3.8, 4) is 0 Å². The first-order chi connectivity index (χ1) is 12.4. The number of aromatic nitrogens is 2. The van der Waals surface area contributed by atoms with Crippen LogP contribution in [0.4, 0.5) is 0 Å². The normalized spacial score (nSPS) is 18.2. The number of rotatable bonds is 6. The summed E-state index contributed by atoms with van der Waals surface area (Å²) in [5.74, 6) is 1.47. The molecule has 26 heavy (non-hydrogen) atoms. The minimum atomic E-state index is -0.0778. The van der Waals surface area contributed by atoms with Crippen LogP contribution < -0.4 is 5.32 Å². The maximum atomic E-state index is 5.47. The third kappa shape index (κ3) is 5.15. The second-order valence-corrected chi connectivity index (χ2v) is 8.45. The van der Waals surface area contributed by atoms with Gasteiger partial charge in [-0.15, -0.1) is 0 Å². The molecule has 1 aliphatic rings. The Morgan fingerprint density at radius 1 is 1.19 bits per heavy atom. The van der Waals surface area contributed by atoms with E-state index in [-0.39, 0.29) is 11.5 Å². The number of nitrogens with zero attached hydrogens (tertiary/aromatic N) is 3. The smallest absolute Gasteiger partial charge is 0.243 e. The monoisotopic (exact) mass is 356 g/mol. The first-order valence-corrected chi connectivity index (χ1v) is 9.78. The lowest BCUT2D eigenvalue weighted by Gasteiger charge is -2.33. The lowest BCUT2D eigenvalue weighted by molar-refractivity contribution is 0.188. The maximum Gasteiger partial charge on any atom is 0.243 e. The van der Waals surface area contributed by atoms with Crippen molar-refractivity contribution in [2.75, 3.05) is 19.6 Å². The van der Waals surface area contributed by atoms with Crippen LogP contribution in [0.3, 0.4) is 0 Å². The molecule has 0 radical (unpaired) electrons.